The smallest absolute Gasteiger partial charge is 0.259 e. The summed E-state index contributed by atoms with van der Waals surface area (Å²) >= 11 is 0. The molecule has 1 atom stereocenters. The average Bonchev–Trinajstić information content (AvgIpc) is 3.20. The van der Waals surface area contributed by atoms with E-state index in [0.717, 1.165) is 16.3 Å². The second kappa shape index (κ2) is 10.8. The fourth-order valence-corrected chi connectivity index (χ4v) is 4.99. The Morgan fingerprint density at radius 2 is 1.61 bits per heavy atom. The Morgan fingerprint density at radius 1 is 0.895 bits per heavy atom. The van der Waals surface area contributed by atoms with Gasteiger partial charge in [0, 0.05) is 30.5 Å². The lowest BCUT2D eigenvalue weighted by molar-refractivity contribution is -0.140. The standard InChI is InChI=1S/C31H28FN3O3/c1-2-33-30(37)27(18-21-8-4-3-5-9-21)34(19-22-14-16-24(32)17-15-22)28(36)20-35-26-13-7-11-23-10-6-12-25(29(23)26)31(35)38/h3-17,27H,2,18-20H2,1H3,(H,33,37)/t27-/m1/s1. The number of benzene rings is 4. The highest BCUT2D eigenvalue weighted by Gasteiger charge is 2.35. The molecule has 1 aliphatic heterocycles. The zero-order chi connectivity index (χ0) is 26.6. The van der Waals surface area contributed by atoms with E-state index in [2.05, 4.69) is 5.32 Å². The highest BCUT2D eigenvalue weighted by molar-refractivity contribution is 6.26. The van der Waals surface area contributed by atoms with Crippen LogP contribution in [0.1, 0.15) is 28.4 Å². The Hall–Kier alpha value is -4.52. The van der Waals surface area contributed by atoms with Crippen LogP contribution in [0.3, 0.4) is 0 Å². The molecule has 3 amide bonds. The van der Waals surface area contributed by atoms with Gasteiger partial charge in [0.25, 0.3) is 5.91 Å². The summed E-state index contributed by atoms with van der Waals surface area (Å²) in [5.41, 5.74) is 2.81. The molecule has 38 heavy (non-hydrogen) atoms. The van der Waals surface area contributed by atoms with Gasteiger partial charge in [0.05, 0.1) is 5.69 Å². The van der Waals surface area contributed by atoms with Gasteiger partial charge in [-0.05, 0) is 47.7 Å². The maximum atomic E-state index is 14.0. The topological polar surface area (TPSA) is 69.7 Å². The molecule has 0 fully saturated rings. The minimum Gasteiger partial charge on any atom is -0.355 e. The summed E-state index contributed by atoms with van der Waals surface area (Å²) in [6, 6.07) is 25.7. The van der Waals surface area contributed by atoms with Gasteiger partial charge in [-0.25, -0.2) is 4.39 Å². The molecule has 0 radical (unpaired) electrons. The van der Waals surface area contributed by atoms with Crippen molar-refractivity contribution in [2.45, 2.75) is 25.9 Å². The predicted octanol–water partition coefficient (Wildman–Crippen LogP) is 4.72. The van der Waals surface area contributed by atoms with Gasteiger partial charge < -0.3 is 10.2 Å². The van der Waals surface area contributed by atoms with Crippen molar-refractivity contribution in [1.82, 2.24) is 10.2 Å². The van der Waals surface area contributed by atoms with Crippen LogP contribution in [0.5, 0.6) is 0 Å². The van der Waals surface area contributed by atoms with Gasteiger partial charge in [-0.3, -0.25) is 19.3 Å². The van der Waals surface area contributed by atoms with Crippen molar-refractivity contribution in [1.29, 1.82) is 0 Å². The first-order valence-electron chi connectivity index (χ1n) is 12.7. The first-order valence-corrected chi connectivity index (χ1v) is 12.7. The van der Waals surface area contributed by atoms with E-state index in [-0.39, 0.29) is 36.6 Å². The molecular formula is C31H28FN3O3. The molecule has 0 bridgehead atoms. The molecule has 7 heteroatoms. The van der Waals surface area contributed by atoms with Crippen LogP contribution in [0, 0.1) is 5.82 Å². The molecule has 4 aromatic carbocycles. The van der Waals surface area contributed by atoms with Gasteiger partial charge in [-0.15, -0.1) is 0 Å². The van der Waals surface area contributed by atoms with E-state index >= 15 is 0 Å². The Balaban J connectivity index is 1.50. The van der Waals surface area contributed by atoms with E-state index in [0.29, 0.717) is 29.8 Å². The van der Waals surface area contributed by atoms with Crippen LogP contribution in [-0.4, -0.2) is 41.8 Å². The summed E-state index contributed by atoms with van der Waals surface area (Å²) in [5.74, 6) is -1.29. The predicted molar refractivity (Wildman–Crippen MR) is 145 cm³/mol. The molecule has 4 aromatic rings. The van der Waals surface area contributed by atoms with Crippen molar-refractivity contribution >= 4 is 34.2 Å². The SMILES string of the molecule is CCNC(=O)[C@@H](Cc1ccccc1)N(Cc1ccc(F)cc1)C(=O)CN1C(=O)c2cccc3cccc1c23. The van der Waals surface area contributed by atoms with E-state index < -0.39 is 6.04 Å². The number of carbonyl (C=O) groups excluding carboxylic acids is 3. The summed E-state index contributed by atoms with van der Waals surface area (Å²) in [7, 11) is 0. The quantitative estimate of drug-likeness (QED) is 0.355. The molecule has 5 rings (SSSR count). The van der Waals surface area contributed by atoms with E-state index in [4.69, 9.17) is 0 Å². The summed E-state index contributed by atoms with van der Waals surface area (Å²) in [5, 5.41) is 4.60. The number of carbonyl (C=O) groups is 3. The van der Waals surface area contributed by atoms with Crippen molar-refractivity contribution < 1.29 is 18.8 Å². The van der Waals surface area contributed by atoms with Gasteiger partial charge in [0.2, 0.25) is 11.8 Å². The van der Waals surface area contributed by atoms with Gasteiger partial charge in [0.1, 0.15) is 18.4 Å². The third-order valence-electron chi connectivity index (χ3n) is 6.83. The van der Waals surface area contributed by atoms with E-state index in [1.807, 2.05) is 67.6 Å². The number of anilines is 1. The number of rotatable bonds is 9. The fourth-order valence-electron chi connectivity index (χ4n) is 4.99. The van der Waals surface area contributed by atoms with Crippen LogP contribution >= 0.6 is 0 Å². The molecule has 1 heterocycles. The van der Waals surface area contributed by atoms with Crippen molar-refractivity contribution in [3.8, 4) is 0 Å². The van der Waals surface area contributed by atoms with Gasteiger partial charge in [0.15, 0.2) is 0 Å². The molecule has 1 aliphatic rings. The average molecular weight is 510 g/mol. The second-order valence-corrected chi connectivity index (χ2v) is 9.32. The number of nitrogens with zero attached hydrogens (tertiary/aromatic N) is 2. The van der Waals surface area contributed by atoms with Gasteiger partial charge in [-0.1, -0.05) is 66.7 Å². The molecule has 0 unspecified atom stereocenters. The maximum Gasteiger partial charge on any atom is 0.259 e. The Labute approximate surface area is 220 Å². The fraction of sp³-hybridized carbons (Fsp3) is 0.194. The van der Waals surface area contributed by atoms with Crippen LogP contribution in [-0.2, 0) is 22.6 Å². The largest absolute Gasteiger partial charge is 0.355 e. The number of likely N-dealkylation sites (N-methyl/N-ethyl adjacent to an activating group) is 1. The molecule has 192 valence electrons. The summed E-state index contributed by atoms with van der Waals surface area (Å²) in [6.07, 6.45) is 0.295. The zero-order valence-corrected chi connectivity index (χ0v) is 21.1. The van der Waals surface area contributed by atoms with E-state index in [1.165, 1.54) is 21.9 Å². The van der Waals surface area contributed by atoms with Crippen molar-refractivity contribution in [2.75, 3.05) is 18.0 Å². The normalized spacial score (nSPS) is 13.0. The molecule has 1 N–H and O–H groups in total. The lowest BCUT2D eigenvalue weighted by Gasteiger charge is -2.33. The van der Waals surface area contributed by atoms with Crippen LogP contribution in [0.15, 0.2) is 91.0 Å². The van der Waals surface area contributed by atoms with Crippen molar-refractivity contribution in [3.63, 3.8) is 0 Å². The maximum absolute atomic E-state index is 14.0. The Kier molecular flexibility index (Phi) is 7.18. The number of halogens is 1. The molecule has 0 spiro atoms. The van der Waals surface area contributed by atoms with E-state index in [1.54, 1.807) is 18.2 Å². The third-order valence-corrected chi connectivity index (χ3v) is 6.83. The lowest BCUT2D eigenvalue weighted by Crippen LogP contribution is -2.53. The minimum atomic E-state index is -0.828. The Bertz CT molecular complexity index is 1480. The van der Waals surface area contributed by atoms with Crippen LogP contribution in [0.4, 0.5) is 10.1 Å². The molecule has 0 saturated carbocycles. The van der Waals surface area contributed by atoms with Crippen LogP contribution in [0.25, 0.3) is 10.8 Å². The van der Waals surface area contributed by atoms with E-state index in [9.17, 15) is 18.8 Å². The third kappa shape index (κ3) is 5.00. The van der Waals surface area contributed by atoms with Crippen molar-refractivity contribution in [3.05, 3.63) is 114 Å². The zero-order valence-electron chi connectivity index (χ0n) is 21.1. The number of amides is 3. The summed E-state index contributed by atoms with van der Waals surface area (Å²) in [6.45, 7) is 2.10. The number of hydrogen-bond acceptors (Lipinski definition) is 3. The number of hydrogen-bond donors (Lipinski definition) is 1. The molecule has 0 saturated heterocycles. The number of nitrogens with one attached hydrogen (secondary N) is 1. The minimum absolute atomic E-state index is 0.0902. The van der Waals surface area contributed by atoms with Gasteiger partial charge in [-0.2, -0.15) is 0 Å². The summed E-state index contributed by atoms with van der Waals surface area (Å²) in [4.78, 5) is 43.7. The molecular weight excluding hydrogens is 481 g/mol. The first-order chi connectivity index (χ1) is 18.5. The second-order valence-electron chi connectivity index (χ2n) is 9.32. The monoisotopic (exact) mass is 509 g/mol. The highest BCUT2D eigenvalue weighted by atomic mass is 19.1. The Morgan fingerprint density at radius 3 is 2.32 bits per heavy atom. The molecule has 0 aliphatic carbocycles. The van der Waals surface area contributed by atoms with Crippen LogP contribution in [0.2, 0.25) is 0 Å². The first kappa shape index (κ1) is 25.1. The lowest BCUT2D eigenvalue weighted by atomic mass is 10.0. The highest BCUT2D eigenvalue weighted by Crippen LogP contribution is 2.37. The van der Waals surface area contributed by atoms with Gasteiger partial charge >= 0.3 is 0 Å². The van der Waals surface area contributed by atoms with Crippen molar-refractivity contribution in [2.24, 2.45) is 0 Å². The van der Waals surface area contributed by atoms with Crippen LogP contribution < -0.4 is 10.2 Å². The molecule has 0 aromatic heterocycles. The molecule has 6 nitrogen and oxygen atoms in total. The summed E-state index contributed by atoms with van der Waals surface area (Å²) < 4.78 is 13.6.